The van der Waals surface area contributed by atoms with Crippen molar-refractivity contribution in [1.82, 2.24) is 9.80 Å². The van der Waals surface area contributed by atoms with Crippen molar-refractivity contribution in [2.45, 2.75) is 57.4 Å². The fourth-order valence-corrected chi connectivity index (χ4v) is 5.27. The summed E-state index contributed by atoms with van der Waals surface area (Å²) in [6.07, 6.45) is 15.1. The van der Waals surface area contributed by atoms with Gasteiger partial charge in [0.15, 0.2) is 0 Å². The Morgan fingerprint density at radius 2 is 1.73 bits per heavy atom. The van der Waals surface area contributed by atoms with Gasteiger partial charge in [0.25, 0.3) is 0 Å². The summed E-state index contributed by atoms with van der Waals surface area (Å²) in [7, 11) is 0. The lowest BCUT2D eigenvalue weighted by Crippen LogP contribution is -2.42. The smallest absolute Gasteiger partial charge is 0.226 e. The summed E-state index contributed by atoms with van der Waals surface area (Å²) in [4.78, 5) is 17.8. The Morgan fingerprint density at radius 3 is 2.45 bits per heavy atom. The van der Waals surface area contributed by atoms with E-state index < -0.39 is 0 Å². The lowest BCUT2D eigenvalue weighted by molar-refractivity contribution is -0.136. The molecule has 0 spiro atoms. The molecule has 0 aromatic carbocycles. The maximum Gasteiger partial charge on any atom is 0.226 e. The molecule has 3 heteroatoms. The van der Waals surface area contributed by atoms with Crippen LogP contribution in [0.3, 0.4) is 0 Å². The number of fused-ring (bicyclic) bond motifs is 2. The van der Waals surface area contributed by atoms with E-state index in [4.69, 9.17) is 0 Å². The molecule has 3 fully saturated rings. The second kappa shape index (κ2) is 6.35. The zero-order valence-corrected chi connectivity index (χ0v) is 13.8. The van der Waals surface area contributed by atoms with E-state index in [1.807, 2.05) is 0 Å². The summed E-state index contributed by atoms with van der Waals surface area (Å²) in [5.74, 6) is 2.01. The number of rotatable bonds is 2. The van der Waals surface area contributed by atoms with Gasteiger partial charge in [-0.1, -0.05) is 31.4 Å². The molecule has 1 aliphatic heterocycles. The Labute approximate surface area is 134 Å². The van der Waals surface area contributed by atoms with Gasteiger partial charge in [0.05, 0.1) is 0 Å². The molecule has 1 saturated heterocycles. The molecule has 4 rings (SSSR count). The molecular formula is C19H30N2O. The molecule has 4 aliphatic rings. The first kappa shape index (κ1) is 14.7. The molecule has 3 nitrogen and oxygen atoms in total. The van der Waals surface area contributed by atoms with Gasteiger partial charge in [-0.15, -0.1) is 0 Å². The largest absolute Gasteiger partial charge is 0.341 e. The Kier molecular flexibility index (Phi) is 4.25. The Morgan fingerprint density at radius 1 is 0.864 bits per heavy atom. The van der Waals surface area contributed by atoms with Crippen LogP contribution in [0.5, 0.6) is 0 Å². The van der Waals surface area contributed by atoms with E-state index in [9.17, 15) is 4.79 Å². The minimum absolute atomic E-state index is 0.302. The minimum atomic E-state index is 0.302. The highest BCUT2D eigenvalue weighted by molar-refractivity contribution is 5.80. The second-order valence-electron chi connectivity index (χ2n) is 7.89. The predicted molar refractivity (Wildman–Crippen MR) is 88.5 cm³/mol. The van der Waals surface area contributed by atoms with E-state index >= 15 is 0 Å². The number of amides is 1. The third kappa shape index (κ3) is 2.84. The van der Waals surface area contributed by atoms with E-state index in [1.165, 1.54) is 51.5 Å². The molecule has 1 heterocycles. The molecule has 3 aliphatic carbocycles. The van der Waals surface area contributed by atoms with Crippen LogP contribution in [-0.4, -0.2) is 47.9 Å². The maximum atomic E-state index is 12.9. The van der Waals surface area contributed by atoms with Gasteiger partial charge >= 0.3 is 0 Å². The lowest BCUT2D eigenvalue weighted by Gasteiger charge is -2.33. The molecule has 0 radical (unpaired) electrons. The summed E-state index contributed by atoms with van der Waals surface area (Å²) in [6.45, 7) is 4.25. The van der Waals surface area contributed by atoms with Crippen molar-refractivity contribution in [2.24, 2.45) is 17.8 Å². The lowest BCUT2D eigenvalue weighted by atomic mass is 9.92. The van der Waals surface area contributed by atoms with Gasteiger partial charge in [-0.05, 0) is 43.9 Å². The van der Waals surface area contributed by atoms with Crippen LogP contribution in [0.4, 0.5) is 0 Å². The maximum absolute atomic E-state index is 12.9. The van der Waals surface area contributed by atoms with E-state index in [2.05, 4.69) is 22.0 Å². The van der Waals surface area contributed by atoms with Gasteiger partial charge < -0.3 is 4.90 Å². The number of carbonyl (C=O) groups is 1. The monoisotopic (exact) mass is 302 g/mol. The number of carbonyl (C=O) groups excluding carboxylic acids is 1. The third-order valence-electron chi connectivity index (χ3n) is 6.53. The van der Waals surface area contributed by atoms with Crippen LogP contribution in [0.25, 0.3) is 0 Å². The van der Waals surface area contributed by atoms with Crippen molar-refractivity contribution in [3.63, 3.8) is 0 Å². The third-order valence-corrected chi connectivity index (χ3v) is 6.53. The molecule has 0 aromatic rings. The van der Waals surface area contributed by atoms with Crippen LogP contribution in [0, 0.1) is 17.8 Å². The van der Waals surface area contributed by atoms with E-state index in [1.54, 1.807) is 0 Å². The van der Waals surface area contributed by atoms with Crippen molar-refractivity contribution in [3.05, 3.63) is 12.2 Å². The fraction of sp³-hybridized carbons (Fsp3) is 0.842. The molecule has 2 bridgehead atoms. The summed E-state index contributed by atoms with van der Waals surface area (Å²) in [5.41, 5.74) is 0. The normalized spacial score (nSPS) is 36.7. The van der Waals surface area contributed by atoms with Crippen LogP contribution >= 0.6 is 0 Å². The molecular weight excluding hydrogens is 272 g/mol. The fourth-order valence-electron chi connectivity index (χ4n) is 5.27. The van der Waals surface area contributed by atoms with Gasteiger partial charge in [-0.3, -0.25) is 9.69 Å². The first-order chi connectivity index (χ1) is 10.8. The van der Waals surface area contributed by atoms with Gasteiger partial charge in [-0.25, -0.2) is 0 Å². The zero-order chi connectivity index (χ0) is 14.9. The molecule has 3 atom stereocenters. The number of hydrogen-bond donors (Lipinski definition) is 0. The average Bonchev–Trinajstić information content (AvgIpc) is 3.11. The van der Waals surface area contributed by atoms with E-state index in [0.29, 0.717) is 23.7 Å². The van der Waals surface area contributed by atoms with Crippen LogP contribution in [0.2, 0.25) is 0 Å². The van der Waals surface area contributed by atoms with Crippen molar-refractivity contribution in [3.8, 4) is 0 Å². The standard InChI is InChI=1S/C19H30N2O/c22-19(18-14-15-7-8-16(18)13-15)21-10-4-9-20(11-12-21)17-5-2-1-3-6-17/h7-8,15-18H,1-6,9-14H2/t15-,16+,18-/m1/s1. The molecule has 122 valence electrons. The van der Waals surface area contributed by atoms with Gasteiger partial charge in [0.2, 0.25) is 5.91 Å². The van der Waals surface area contributed by atoms with Crippen LogP contribution in [0.1, 0.15) is 51.4 Å². The van der Waals surface area contributed by atoms with Crippen LogP contribution < -0.4 is 0 Å². The first-order valence-electron chi connectivity index (χ1n) is 9.52. The Balaban J connectivity index is 1.34. The van der Waals surface area contributed by atoms with Crippen molar-refractivity contribution < 1.29 is 4.79 Å². The van der Waals surface area contributed by atoms with Crippen molar-refractivity contribution in [2.75, 3.05) is 26.2 Å². The van der Waals surface area contributed by atoms with E-state index in [0.717, 1.165) is 32.1 Å². The van der Waals surface area contributed by atoms with Crippen molar-refractivity contribution >= 4 is 5.91 Å². The van der Waals surface area contributed by atoms with Gasteiger partial charge in [-0.2, -0.15) is 0 Å². The zero-order valence-electron chi connectivity index (χ0n) is 13.8. The van der Waals surface area contributed by atoms with Crippen LogP contribution in [-0.2, 0) is 4.79 Å². The first-order valence-corrected chi connectivity index (χ1v) is 9.52. The summed E-state index contributed by atoms with van der Waals surface area (Å²) in [6, 6.07) is 0.800. The summed E-state index contributed by atoms with van der Waals surface area (Å²) < 4.78 is 0. The Bertz CT molecular complexity index is 441. The van der Waals surface area contributed by atoms with Crippen LogP contribution in [0.15, 0.2) is 12.2 Å². The van der Waals surface area contributed by atoms with E-state index in [-0.39, 0.29) is 0 Å². The number of nitrogens with zero attached hydrogens (tertiary/aromatic N) is 2. The topological polar surface area (TPSA) is 23.6 Å². The summed E-state index contributed by atoms with van der Waals surface area (Å²) in [5, 5.41) is 0. The van der Waals surface area contributed by atoms with Gasteiger partial charge in [0, 0.05) is 38.1 Å². The molecule has 2 saturated carbocycles. The molecule has 0 unspecified atom stereocenters. The highest BCUT2D eigenvalue weighted by Crippen LogP contribution is 2.44. The number of allylic oxidation sites excluding steroid dienone is 2. The highest BCUT2D eigenvalue weighted by atomic mass is 16.2. The predicted octanol–water partition coefficient (Wildman–Crippen LogP) is 3.07. The minimum Gasteiger partial charge on any atom is -0.341 e. The molecule has 1 amide bonds. The second-order valence-corrected chi connectivity index (χ2v) is 7.89. The quantitative estimate of drug-likeness (QED) is 0.732. The van der Waals surface area contributed by atoms with Gasteiger partial charge in [0.1, 0.15) is 0 Å². The molecule has 0 N–H and O–H groups in total. The summed E-state index contributed by atoms with van der Waals surface area (Å²) >= 11 is 0. The number of hydrogen-bond acceptors (Lipinski definition) is 2. The van der Waals surface area contributed by atoms with Crippen molar-refractivity contribution in [1.29, 1.82) is 0 Å². The highest BCUT2D eigenvalue weighted by Gasteiger charge is 2.41. The SMILES string of the molecule is O=C([C@@H]1C[C@@H]2C=C[C@H]1C2)N1CCCN(C2CCCCC2)CC1. The Hall–Kier alpha value is -0.830. The molecule has 0 aromatic heterocycles. The average molecular weight is 302 g/mol. The molecule has 22 heavy (non-hydrogen) atoms.